The number of sulfonamides is 1. The Bertz CT molecular complexity index is 965. The maximum absolute atomic E-state index is 12.8. The minimum absolute atomic E-state index is 0.0415. The molecule has 0 aromatic heterocycles. The third kappa shape index (κ3) is 4.25. The molecule has 1 atom stereocenters. The van der Waals surface area contributed by atoms with Crippen molar-refractivity contribution in [3.05, 3.63) is 59.7 Å². The van der Waals surface area contributed by atoms with Gasteiger partial charge in [-0.25, -0.2) is 13.2 Å². The predicted octanol–water partition coefficient (Wildman–Crippen LogP) is 3.49. The molecule has 2 aromatic carbocycles. The Hall–Kier alpha value is -2.67. The number of carbonyl (C=O) groups is 2. The zero-order valence-corrected chi connectivity index (χ0v) is 16.7. The lowest BCUT2D eigenvalue weighted by Crippen LogP contribution is -2.30. The number of ketones is 1. The standard InChI is InChI=1S/C21H23NO5S/c1-15-7-13-18(14-8-15)28(25,26)22(2)17-11-9-16(10-12-17)21(24)27-20-6-4-3-5-19(20)23/h7-14,20H,3-6H2,1-2H3/t20-/m0/s1. The molecule has 148 valence electrons. The van der Waals surface area contributed by atoms with Crippen LogP contribution in [0, 0.1) is 6.92 Å². The van der Waals surface area contributed by atoms with E-state index in [1.165, 1.54) is 19.2 Å². The molecule has 0 unspecified atom stereocenters. The number of hydrogen-bond donors (Lipinski definition) is 0. The van der Waals surface area contributed by atoms with Crippen LogP contribution < -0.4 is 4.31 Å². The summed E-state index contributed by atoms with van der Waals surface area (Å²) >= 11 is 0. The summed E-state index contributed by atoms with van der Waals surface area (Å²) in [6.45, 7) is 1.89. The minimum Gasteiger partial charge on any atom is -0.451 e. The second-order valence-corrected chi connectivity index (χ2v) is 8.91. The van der Waals surface area contributed by atoms with Crippen LogP contribution in [-0.2, 0) is 19.6 Å². The number of rotatable bonds is 5. The lowest BCUT2D eigenvalue weighted by atomic mass is 9.96. The zero-order chi connectivity index (χ0) is 20.3. The molecule has 0 amide bonds. The summed E-state index contributed by atoms with van der Waals surface area (Å²) in [5.41, 5.74) is 1.68. The normalized spacial score (nSPS) is 17.2. The monoisotopic (exact) mass is 401 g/mol. The van der Waals surface area contributed by atoms with Gasteiger partial charge in [-0.2, -0.15) is 0 Å². The first-order valence-corrected chi connectivity index (χ1v) is 10.6. The van der Waals surface area contributed by atoms with Gasteiger partial charge in [-0.1, -0.05) is 17.7 Å². The molecule has 0 heterocycles. The largest absolute Gasteiger partial charge is 0.451 e. The molecule has 1 aliphatic carbocycles. The molecule has 0 N–H and O–H groups in total. The highest BCUT2D eigenvalue weighted by Gasteiger charge is 2.26. The number of Topliss-reactive ketones (excluding diaryl/α,β-unsaturated/α-hetero) is 1. The maximum atomic E-state index is 12.8. The quantitative estimate of drug-likeness (QED) is 0.717. The highest BCUT2D eigenvalue weighted by atomic mass is 32.2. The van der Waals surface area contributed by atoms with Crippen molar-refractivity contribution in [2.45, 2.75) is 43.6 Å². The summed E-state index contributed by atoms with van der Waals surface area (Å²) in [4.78, 5) is 24.3. The molecule has 0 spiro atoms. The fraction of sp³-hybridized carbons (Fsp3) is 0.333. The van der Waals surface area contributed by atoms with Crippen LogP contribution in [0.3, 0.4) is 0 Å². The van der Waals surface area contributed by atoms with E-state index < -0.39 is 22.1 Å². The van der Waals surface area contributed by atoms with Crippen LogP contribution in [0.2, 0.25) is 0 Å². The average Bonchev–Trinajstić information content (AvgIpc) is 2.69. The van der Waals surface area contributed by atoms with E-state index in [2.05, 4.69) is 0 Å². The van der Waals surface area contributed by atoms with E-state index >= 15 is 0 Å². The molecule has 28 heavy (non-hydrogen) atoms. The first-order valence-electron chi connectivity index (χ1n) is 9.18. The Morgan fingerprint density at radius 1 is 1.04 bits per heavy atom. The molecule has 3 rings (SSSR count). The van der Waals surface area contributed by atoms with Gasteiger partial charge in [0.2, 0.25) is 0 Å². The Labute approximate surface area is 165 Å². The number of nitrogens with zero attached hydrogens (tertiary/aromatic N) is 1. The van der Waals surface area contributed by atoms with Crippen molar-refractivity contribution >= 4 is 27.5 Å². The van der Waals surface area contributed by atoms with E-state index in [1.807, 2.05) is 6.92 Å². The molecule has 7 heteroatoms. The van der Waals surface area contributed by atoms with E-state index in [4.69, 9.17) is 4.74 Å². The molecule has 1 aliphatic rings. The number of carbonyl (C=O) groups excluding carboxylic acids is 2. The van der Waals surface area contributed by atoms with Gasteiger partial charge in [-0.3, -0.25) is 9.10 Å². The number of hydrogen-bond acceptors (Lipinski definition) is 5. The molecule has 0 radical (unpaired) electrons. The molecular weight excluding hydrogens is 378 g/mol. The topological polar surface area (TPSA) is 80.8 Å². The van der Waals surface area contributed by atoms with E-state index in [0.29, 0.717) is 18.5 Å². The predicted molar refractivity (Wildman–Crippen MR) is 106 cm³/mol. The average molecular weight is 401 g/mol. The van der Waals surface area contributed by atoms with Gasteiger partial charge in [0, 0.05) is 13.5 Å². The van der Waals surface area contributed by atoms with Gasteiger partial charge < -0.3 is 4.74 Å². The third-order valence-electron chi connectivity index (χ3n) is 4.89. The van der Waals surface area contributed by atoms with Crippen LogP contribution in [0.15, 0.2) is 53.4 Å². The molecular formula is C21H23NO5S. The minimum atomic E-state index is -3.70. The highest BCUT2D eigenvalue weighted by molar-refractivity contribution is 7.92. The van der Waals surface area contributed by atoms with Crippen LogP contribution >= 0.6 is 0 Å². The van der Waals surface area contributed by atoms with Crippen LogP contribution in [0.25, 0.3) is 0 Å². The smallest absolute Gasteiger partial charge is 0.338 e. The van der Waals surface area contributed by atoms with Gasteiger partial charge in [0.25, 0.3) is 10.0 Å². The molecule has 6 nitrogen and oxygen atoms in total. The van der Waals surface area contributed by atoms with E-state index in [1.54, 1.807) is 36.4 Å². The fourth-order valence-electron chi connectivity index (χ4n) is 3.09. The van der Waals surface area contributed by atoms with Gasteiger partial charge in [0.05, 0.1) is 16.1 Å². The van der Waals surface area contributed by atoms with Gasteiger partial charge in [0.1, 0.15) is 0 Å². The van der Waals surface area contributed by atoms with Crippen molar-refractivity contribution in [2.75, 3.05) is 11.4 Å². The second-order valence-electron chi connectivity index (χ2n) is 6.94. The Morgan fingerprint density at radius 3 is 2.29 bits per heavy atom. The summed E-state index contributed by atoms with van der Waals surface area (Å²) < 4.78 is 32.0. The number of esters is 1. The number of benzene rings is 2. The second kappa shape index (κ2) is 8.14. The van der Waals surface area contributed by atoms with Gasteiger partial charge in [-0.15, -0.1) is 0 Å². The molecule has 1 saturated carbocycles. The lowest BCUT2D eigenvalue weighted by Gasteiger charge is -2.21. The van der Waals surface area contributed by atoms with Crippen molar-refractivity contribution < 1.29 is 22.7 Å². The summed E-state index contributed by atoms with van der Waals surface area (Å²) in [7, 11) is -2.24. The van der Waals surface area contributed by atoms with Gasteiger partial charge in [0.15, 0.2) is 11.9 Å². The third-order valence-corrected chi connectivity index (χ3v) is 6.69. The number of ether oxygens (including phenoxy) is 1. The fourth-order valence-corrected chi connectivity index (χ4v) is 4.28. The van der Waals surface area contributed by atoms with Crippen molar-refractivity contribution in [3.8, 4) is 0 Å². The molecule has 0 bridgehead atoms. The summed E-state index contributed by atoms with van der Waals surface area (Å²) in [5, 5.41) is 0. The van der Waals surface area contributed by atoms with E-state index in [0.717, 1.165) is 22.7 Å². The molecule has 1 fully saturated rings. The zero-order valence-electron chi connectivity index (χ0n) is 15.9. The highest BCUT2D eigenvalue weighted by Crippen LogP contribution is 2.24. The van der Waals surface area contributed by atoms with Gasteiger partial charge >= 0.3 is 5.97 Å². The van der Waals surface area contributed by atoms with E-state index in [9.17, 15) is 18.0 Å². The number of aryl methyl sites for hydroxylation is 1. The van der Waals surface area contributed by atoms with E-state index in [-0.39, 0.29) is 16.2 Å². The molecule has 2 aromatic rings. The Balaban J connectivity index is 1.73. The number of anilines is 1. The first-order chi connectivity index (χ1) is 13.3. The Morgan fingerprint density at radius 2 is 1.68 bits per heavy atom. The van der Waals surface area contributed by atoms with Crippen molar-refractivity contribution in [2.24, 2.45) is 0 Å². The Kier molecular flexibility index (Phi) is 5.84. The molecule has 0 aliphatic heterocycles. The SMILES string of the molecule is Cc1ccc(S(=O)(=O)N(C)c2ccc(C(=O)O[C@H]3CCCCC3=O)cc2)cc1. The van der Waals surface area contributed by atoms with Crippen molar-refractivity contribution in [1.82, 2.24) is 0 Å². The molecule has 0 saturated heterocycles. The summed E-state index contributed by atoms with van der Waals surface area (Å²) in [6, 6.07) is 12.7. The first kappa shape index (κ1) is 20.1. The van der Waals surface area contributed by atoms with Crippen LogP contribution in [0.5, 0.6) is 0 Å². The summed E-state index contributed by atoms with van der Waals surface area (Å²) in [5.74, 6) is -0.615. The lowest BCUT2D eigenvalue weighted by molar-refractivity contribution is -0.129. The van der Waals surface area contributed by atoms with Crippen LogP contribution in [0.1, 0.15) is 41.6 Å². The van der Waals surface area contributed by atoms with Crippen molar-refractivity contribution in [1.29, 1.82) is 0 Å². The van der Waals surface area contributed by atoms with Gasteiger partial charge in [-0.05, 0) is 62.6 Å². The van der Waals surface area contributed by atoms with Crippen molar-refractivity contribution in [3.63, 3.8) is 0 Å². The van der Waals surface area contributed by atoms with Crippen LogP contribution in [0.4, 0.5) is 5.69 Å². The summed E-state index contributed by atoms with van der Waals surface area (Å²) in [6.07, 6.45) is 2.03. The maximum Gasteiger partial charge on any atom is 0.338 e. The van der Waals surface area contributed by atoms with Crippen LogP contribution in [-0.4, -0.2) is 33.3 Å².